The number of amides is 1. The first kappa shape index (κ1) is 21.4. The van der Waals surface area contributed by atoms with Crippen LogP contribution in [0.2, 0.25) is 5.02 Å². The van der Waals surface area contributed by atoms with Crippen molar-refractivity contribution in [3.05, 3.63) is 57.5 Å². The molecular weight excluding hydrogens is 408 g/mol. The molecular formula is C22H25ClN2O3S. The number of hydrogen-bond donors (Lipinski definition) is 2. The molecule has 1 aliphatic rings. The van der Waals surface area contributed by atoms with Gasteiger partial charge in [-0.1, -0.05) is 43.3 Å². The second kappa shape index (κ2) is 9.46. The number of nitrogens with one attached hydrogen (secondary N) is 2. The van der Waals surface area contributed by atoms with Gasteiger partial charge in [-0.05, 0) is 60.4 Å². The number of halogens is 1. The molecule has 1 heterocycles. The number of rotatable bonds is 7. The Morgan fingerprint density at radius 2 is 2.03 bits per heavy atom. The maximum Gasteiger partial charge on any atom is 0.260 e. The zero-order valence-corrected chi connectivity index (χ0v) is 18.5. The van der Waals surface area contributed by atoms with Crippen molar-refractivity contribution in [2.75, 3.05) is 19.0 Å². The molecule has 3 rings (SSSR count). The third-order valence-corrected chi connectivity index (χ3v) is 5.53. The van der Waals surface area contributed by atoms with Crippen molar-refractivity contribution in [3.8, 4) is 11.5 Å². The van der Waals surface area contributed by atoms with Crippen LogP contribution in [0.5, 0.6) is 11.5 Å². The highest BCUT2D eigenvalue weighted by molar-refractivity contribution is 8.05. The maximum absolute atomic E-state index is 12.4. The fourth-order valence-electron chi connectivity index (χ4n) is 2.80. The predicted octanol–water partition coefficient (Wildman–Crippen LogP) is 5.29. The lowest BCUT2D eigenvalue weighted by molar-refractivity contribution is -0.116. The average molecular weight is 433 g/mol. The Labute approximate surface area is 180 Å². The Morgan fingerprint density at radius 1 is 1.24 bits per heavy atom. The second-order valence-electron chi connectivity index (χ2n) is 7.20. The van der Waals surface area contributed by atoms with Crippen molar-refractivity contribution in [1.29, 1.82) is 0 Å². The molecule has 1 unspecified atom stereocenters. The number of carbonyl (C=O) groups is 1. The molecule has 2 aromatic carbocycles. The van der Waals surface area contributed by atoms with E-state index in [-0.39, 0.29) is 11.4 Å². The van der Waals surface area contributed by atoms with Crippen molar-refractivity contribution in [3.63, 3.8) is 0 Å². The van der Waals surface area contributed by atoms with Crippen LogP contribution in [0.4, 0.5) is 5.69 Å². The lowest BCUT2D eigenvalue weighted by Crippen LogP contribution is -2.31. The van der Waals surface area contributed by atoms with Crippen molar-refractivity contribution in [1.82, 2.24) is 5.32 Å². The summed E-state index contributed by atoms with van der Waals surface area (Å²) in [6.45, 7) is 6.78. The summed E-state index contributed by atoms with van der Waals surface area (Å²) in [4.78, 5) is 13.0. The van der Waals surface area contributed by atoms with Gasteiger partial charge in [0, 0.05) is 10.7 Å². The first-order chi connectivity index (χ1) is 13.9. The second-order valence-corrected chi connectivity index (χ2v) is 8.78. The fraction of sp³-hybridized carbons (Fsp3) is 0.318. The maximum atomic E-state index is 12.4. The smallest absolute Gasteiger partial charge is 0.260 e. The number of ether oxygens (including phenoxy) is 2. The lowest BCUT2D eigenvalue weighted by Gasteiger charge is -2.15. The van der Waals surface area contributed by atoms with Gasteiger partial charge in [0.2, 0.25) is 0 Å². The Morgan fingerprint density at radius 3 is 2.72 bits per heavy atom. The van der Waals surface area contributed by atoms with Crippen LogP contribution in [-0.2, 0) is 4.79 Å². The molecule has 2 aromatic rings. The molecule has 1 fully saturated rings. The van der Waals surface area contributed by atoms with Crippen molar-refractivity contribution >= 4 is 41.0 Å². The molecule has 7 heteroatoms. The molecule has 1 aliphatic heterocycles. The summed E-state index contributed by atoms with van der Waals surface area (Å²) < 4.78 is 11.2. The van der Waals surface area contributed by atoms with E-state index in [2.05, 4.69) is 24.5 Å². The van der Waals surface area contributed by atoms with Crippen LogP contribution in [-0.4, -0.2) is 25.1 Å². The molecule has 1 saturated heterocycles. The molecule has 2 N–H and O–H groups in total. The van der Waals surface area contributed by atoms with Crippen molar-refractivity contribution in [2.24, 2.45) is 5.92 Å². The number of thioether (sulfide) groups is 1. The van der Waals surface area contributed by atoms with E-state index in [1.807, 2.05) is 49.4 Å². The van der Waals surface area contributed by atoms with E-state index in [9.17, 15) is 4.79 Å². The third-order valence-electron chi connectivity index (χ3n) is 4.26. The van der Waals surface area contributed by atoms with E-state index in [1.54, 1.807) is 7.11 Å². The highest BCUT2D eigenvalue weighted by atomic mass is 35.5. The average Bonchev–Trinajstić information content (AvgIpc) is 3.01. The van der Waals surface area contributed by atoms with E-state index in [0.29, 0.717) is 34.0 Å². The zero-order chi connectivity index (χ0) is 21.0. The molecule has 5 nitrogen and oxygen atoms in total. The van der Waals surface area contributed by atoms with Crippen molar-refractivity contribution < 1.29 is 14.3 Å². The number of hydrogen-bond acceptors (Lipinski definition) is 5. The van der Waals surface area contributed by atoms with Crippen LogP contribution in [0.3, 0.4) is 0 Å². The van der Waals surface area contributed by atoms with Gasteiger partial charge < -0.3 is 20.1 Å². The fourth-order valence-corrected chi connectivity index (χ4v) is 4.00. The molecule has 0 aliphatic carbocycles. The first-order valence-corrected chi connectivity index (χ1v) is 10.6. The van der Waals surface area contributed by atoms with Crippen LogP contribution >= 0.6 is 23.4 Å². The standard InChI is InChI=1S/C22H25ClN2O3S/c1-13(2)12-28-18-8-5-15(10-19(18)27-4)11-20-21(26)25-22(29-20)24-17-7-6-16(23)9-14(17)3/h5-11,13,22,24H,12H2,1-4H3,(H,25,26)/b20-11-. The summed E-state index contributed by atoms with van der Waals surface area (Å²) in [6, 6.07) is 11.3. The minimum Gasteiger partial charge on any atom is -0.493 e. The SMILES string of the molecule is COc1cc(/C=C2\SC(Nc3ccc(Cl)cc3C)NC2=O)ccc1OCC(C)C. The Kier molecular flexibility index (Phi) is 6.98. The Bertz CT molecular complexity index is 930. The minimum absolute atomic E-state index is 0.113. The van der Waals surface area contributed by atoms with Gasteiger partial charge in [-0.15, -0.1) is 0 Å². The Hall–Kier alpha value is -2.31. The number of aryl methyl sites for hydroxylation is 1. The number of carbonyl (C=O) groups excluding carboxylic acids is 1. The number of methoxy groups -OCH3 is 1. The molecule has 0 radical (unpaired) electrons. The molecule has 0 spiro atoms. The summed E-state index contributed by atoms with van der Waals surface area (Å²) in [5.41, 5.74) is 2.58. The van der Waals surface area contributed by atoms with E-state index in [4.69, 9.17) is 21.1 Å². The topological polar surface area (TPSA) is 59.6 Å². The Balaban J connectivity index is 1.72. The third kappa shape index (κ3) is 5.61. The molecule has 29 heavy (non-hydrogen) atoms. The molecule has 0 aromatic heterocycles. The summed E-state index contributed by atoms with van der Waals surface area (Å²) in [5.74, 6) is 1.66. The molecule has 0 saturated carbocycles. The van der Waals surface area contributed by atoms with Crippen molar-refractivity contribution in [2.45, 2.75) is 26.3 Å². The predicted molar refractivity (Wildman–Crippen MR) is 121 cm³/mol. The molecule has 1 atom stereocenters. The van der Waals surface area contributed by atoms with Gasteiger partial charge in [0.1, 0.15) is 0 Å². The number of anilines is 1. The van der Waals surface area contributed by atoms with E-state index in [1.165, 1.54) is 11.8 Å². The van der Waals surface area contributed by atoms with Gasteiger partial charge in [0.25, 0.3) is 5.91 Å². The van der Waals surface area contributed by atoms with Gasteiger partial charge >= 0.3 is 0 Å². The van der Waals surface area contributed by atoms with Crippen LogP contribution in [0.1, 0.15) is 25.0 Å². The lowest BCUT2D eigenvalue weighted by atomic mass is 10.2. The van der Waals surface area contributed by atoms with Crippen LogP contribution in [0, 0.1) is 12.8 Å². The summed E-state index contributed by atoms with van der Waals surface area (Å²) in [6.07, 6.45) is 1.85. The quantitative estimate of drug-likeness (QED) is 0.582. The van der Waals surface area contributed by atoms with Gasteiger partial charge in [0.15, 0.2) is 17.0 Å². The summed E-state index contributed by atoms with van der Waals surface area (Å²) in [7, 11) is 1.61. The minimum atomic E-state index is -0.246. The van der Waals surface area contributed by atoms with E-state index in [0.717, 1.165) is 16.8 Å². The monoisotopic (exact) mass is 432 g/mol. The molecule has 0 bridgehead atoms. The summed E-state index contributed by atoms with van der Waals surface area (Å²) >= 11 is 7.45. The highest BCUT2D eigenvalue weighted by Gasteiger charge is 2.27. The van der Waals surface area contributed by atoms with E-state index >= 15 is 0 Å². The van der Waals surface area contributed by atoms with Crippen LogP contribution < -0.4 is 20.1 Å². The number of benzene rings is 2. The molecule has 1 amide bonds. The summed E-state index contributed by atoms with van der Waals surface area (Å²) in [5, 5.41) is 6.96. The zero-order valence-electron chi connectivity index (χ0n) is 16.9. The van der Waals surface area contributed by atoms with Crippen LogP contribution in [0.15, 0.2) is 41.3 Å². The van der Waals surface area contributed by atoms with E-state index < -0.39 is 0 Å². The van der Waals surface area contributed by atoms with Gasteiger partial charge in [-0.3, -0.25) is 4.79 Å². The largest absolute Gasteiger partial charge is 0.493 e. The first-order valence-electron chi connectivity index (χ1n) is 9.38. The van der Waals surface area contributed by atoms with Gasteiger partial charge in [-0.2, -0.15) is 0 Å². The molecule has 154 valence electrons. The normalized spacial score (nSPS) is 17.5. The van der Waals surface area contributed by atoms with Gasteiger partial charge in [-0.25, -0.2) is 0 Å². The highest BCUT2D eigenvalue weighted by Crippen LogP contribution is 2.34. The van der Waals surface area contributed by atoms with Gasteiger partial charge in [0.05, 0.1) is 18.6 Å². The van der Waals surface area contributed by atoms with Crippen LogP contribution in [0.25, 0.3) is 6.08 Å².